The van der Waals surface area contributed by atoms with E-state index in [1.807, 2.05) is 29.2 Å². The lowest BCUT2D eigenvalue weighted by Gasteiger charge is -2.34. The Kier molecular flexibility index (Phi) is 4.92. The highest BCUT2D eigenvalue weighted by atomic mass is 127. The molecular weight excluding hydrogens is 395 g/mol. The average molecular weight is 412 g/mol. The second-order valence-corrected chi connectivity index (χ2v) is 7.44. The van der Waals surface area contributed by atoms with Gasteiger partial charge in [-0.3, -0.25) is 9.69 Å². The molecule has 0 unspecified atom stereocenters. The van der Waals surface area contributed by atoms with Crippen molar-refractivity contribution in [1.29, 1.82) is 0 Å². The first-order valence-electron chi connectivity index (χ1n) is 7.02. The van der Waals surface area contributed by atoms with Crippen molar-refractivity contribution in [1.82, 2.24) is 9.80 Å². The predicted molar refractivity (Wildman–Crippen MR) is 94.7 cm³/mol. The Hall–Kier alpha value is -0.920. The highest BCUT2D eigenvalue weighted by molar-refractivity contribution is 14.1. The molecule has 0 atom stereocenters. The number of nitrogens with zero attached hydrogens (tertiary/aromatic N) is 2. The summed E-state index contributed by atoms with van der Waals surface area (Å²) in [5.74, 6) is 0.157. The van der Waals surface area contributed by atoms with Crippen LogP contribution in [0, 0.1) is 3.57 Å². The third-order valence-corrected chi connectivity index (χ3v) is 5.22. The summed E-state index contributed by atoms with van der Waals surface area (Å²) < 4.78 is 1.11. The number of halogens is 1. The molecule has 1 aliphatic heterocycles. The number of benzene rings is 1. The Morgan fingerprint density at radius 2 is 1.95 bits per heavy atom. The van der Waals surface area contributed by atoms with Crippen molar-refractivity contribution >= 4 is 39.8 Å². The molecule has 0 radical (unpaired) electrons. The summed E-state index contributed by atoms with van der Waals surface area (Å²) >= 11 is 4.05. The van der Waals surface area contributed by atoms with Crippen molar-refractivity contribution in [2.45, 2.75) is 6.54 Å². The maximum Gasteiger partial charge on any atom is 0.253 e. The molecule has 21 heavy (non-hydrogen) atoms. The lowest BCUT2D eigenvalue weighted by Crippen LogP contribution is -2.48. The normalized spacial score (nSPS) is 16.1. The SMILES string of the molecule is O=C(c1cccc(I)c1)N1CCN(Cc2cccs2)CC1. The van der Waals surface area contributed by atoms with E-state index in [1.165, 1.54) is 4.88 Å². The Bertz CT molecular complexity index is 606. The van der Waals surface area contributed by atoms with Gasteiger partial charge in [0.1, 0.15) is 0 Å². The fraction of sp³-hybridized carbons (Fsp3) is 0.312. The second kappa shape index (κ2) is 6.89. The largest absolute Gasteiger partial charge is 0.336 e. The van der Waals surface area contributed by atoms with Crippen molar-refractivity contribution in [2.24, 2.45) is 0 Å². The Morgan fingerprint density at radius 3 is 2.62 bits per heavy atom. The van der Waals surface area contributed by atoms with E-state index in [9.17, 15) is 4.79 Å². The van der Waals surface area contributed by atoms with Crippen LogP contribution in [0.1, 0.15) is 15.2 Å². The van der Waals surface area contributed by atoms with Gasteiger partial charge in [-0.15, -0.1) is 11.3 Å². The zero-order chi connectivity index (χ0) is 14.7. The zero-order valence-corrected chi connectivity index (χ0v) is 14.6. The minimum absolute atomic E-state index is 0.157. The summed E-state index contributed by atoms with van der Waals surface area (Å²) in [6.07, 6.45) is 0. The minimum Gasteiger partial charge on any atom is -0.336 e. The maximum absolute atomic E-state index is 12.5. The molecular formula is C16H17IN2OS. The number of rotatable bonds is 3. The van der Waals surface area contributed by atoms with Crippen LogP contribution in [0.3, 0.4) is 0 Å². The molecule has 110 valence electrons. The molecule has 3 rings (SSSR count). The smallest absolute Gasteiger partial charge is 0.253 e. The molecule has 2 aromatic rings. The van der Waals surface area contributed by atoms with Crippen LogP contribution in [0.5, 0.6) is 0 Å². The topological polar surface area (TPSA) is 23.6 Å². The highest BCUT2D eigenvalue weighted by Crippen LogP contribution is 2.15. The van der Waals surface area contributed by atoms with Crippen LogP contribution < -0.4 is 0 Å². The van der Waals surface area contributed by atoms with Gasteiger partial charge in [-0.2, -0.15) is 0 Å². The van der Waals surface area contributed by atoms with Crippen LogP contribution in [0.4, 0.5) is 0 Å². The van der Waals surface area contributed by atoms with Gasteiger partial charge in [0, 0.05) is 46.7 Å². The van der Waals surface area contributed by atoms with Crippen LogP contribution in [0.2, 0.25) is 0 Å². The first-order chi connectivity index (χ1) is 10.2. The lowest BCUT2D eigenvalue weighted by molar-refractivity contribution is 0.0629. The van der Waals surface area contributed by atoms with Crippen LogP contribution in [-0.4, -0.2) is 41.9 Å². The van der Waals surface area contributed by atoms with Crippen molar-refractivity contribution in [3.8, 4) is 0 Å². The first kappa shape index (κ1) is 15.0. The van der Waals surface area contributed by atoms with Gasteiger partial charge in [0.05, 0.1) is 0 Å². The first-order valence-corrected chi connectivity index (χ1v) is 8.98. The monoisotopic (exact) mass is 412 g/mol. The quantitative estimate of drug-likeness (QED) is 0.723. The molecule has 2 heterocycles. The zero-order valence-electron chi connectivity index (χ0n) is 11.7. The fourth-order valence-electron chi connectivity index (χ4n) is 2.54. The van der Waals surface area contributed by atoms with Crippen LogP contribution >= 0.6 is 33.9 Å². The van der Waals surface area contributed by atoms with Crippen LogP contribution in [0.25, 0.3) is 0 Å². The second-order valence-electron chi connectivity index (χ2n) is 5.16. The van der Waals surface area contributed by atoms with E-state index in [4.69, 9.17) is 0 Å². The Labute approximate surface area is 142 Å². The summed E-state index contributed by atoms with van der Waals surface area (Å²) in [5.41, 5.74) is 0.800. The van der Waals surface area contributed by atoms with Crippen molar-refractivity contribution in [2.75, 3.05) is 26.2 Å². The van der Waals surface area contributed by atoms with E-state index in [0.29, 0.717) is 0 Å². The number of carbonyl (C=O) groups excluding carboxylic acids is 1. The molecule has 1 aromatic carbocycles. The molecule has 0 spiro atoms. The van der Waals surface area contributed by atoms with Gasteiger partial charge in [0.15, 0.2) is 0 Å². The molecule has 1 aromatic heterocycles. The van der Waals surface area contributed by atoms with Gasteiger partial charge in [-0.25, -0.2) is 0 Å². The molecule has 0 saturated carbocycles. The van der Waals surface area contributed by atoms with E-state index in [0.717, 1.165) is 41.9 Å². The number of thiophene rings is 1. The fourth-order valence-corrected chi connectivity index (χ4v) is 3.83. The summed E-state index contributed by atoms with van der Waals surface area (Å²) in [6, 6.07) is 12.1. The number of amides is 1. The van der Waals surface area contributed by atoms with Crippen molar-refractivity contribution in [3.05, 3.63) is 55.8 Å². The van der Waals surface area contributed by atoms with Crippen LogP contribution in [-0.2, 0) is 6.54 Å². The van der Waals surface area contributed by atoms with E-state index in [2.05, 4.69) is 45.0 Å². The molecule has 5 heteroatoms. The van der Waals surface area contributed by atoms with E-state index >= 15 is 0 Å². The average Bonchev–Trinajstić information content (AvgIpc) is 3.00. The van der Waals surface area contributed by atoms with Crippen molar-refractivity contribution < 1.29 is 4.79 Å². The molecule has 0 bridgehead atoms. The van der Waals surface area contributed by atoms with E-state index in [-0.39, 0.29) is 5.91 Å². The molecule has 0 aliphatic carbocycles. The summed E-state index contributed by atoms with van der Waals surface area (Å²) in [4.78, 5) is 18.3. The van der Waals surface area contributed by atoms with Gasteiger partial charge < -0.3 is 4.90 Å². The summed E-state index contributed by atoms with van der Waals surface area (Å²) in [5, 5.41) is 2.12. The Morgan fingerprint density at radius 1 is 1.14 bits per heavy atom. The summed E-state index contributed by atoms with van der Waals surface area (Å²) in [6.45, 7) is 4.54. The number of hydrogen-bond acceptors (Lipinski definition) is 3. The molecule has 1 fully saturated rings. The molecule has 3 nitrogen and oxygen atoms in total. The summed E-state index contributed by atoms with van der Waals surface area (Å²) in [7, 11) is 0. The molecule has 1 aliphatic rings. The third-order valence-electron chi connectivity index (χ3n) is 3.69. The standard InChI is InChI=1S/C16H17IN2OS/c17-14-4-1-3-13(11-14)16(20)19-8-6-18(7-9-19)12-15-5-2-10-21-15/h1-5,10-11H,6-9,12H2. The van der Waals surface area contributed by atoms with E-state index in [1.54, 1.807) is 11.3 Å². The molecule has 0 N–H and O–H groups in total. The number of piperazine rings is 1. The maximum atomic E-state index is 12.5. The van der Waals surface area contributed by atoms with Gasteiger partial charge in [0.2, 0.25) is 0 Å². The third kappa shape index (κ3) is 3.84. The predicted octanol–water partition coefficient (Wildman–Crippen LogP) is 3.31. The van der Waals surface area contributed by atoms with Gasteiger partial charge >= 0.3 is 0 Å². The van der Waals surface area contributed by atoms with Gasteiger partial charge in [-0.1, -0.05) is 12.1 Å². The number of hydrogen-bond donors (Lipinski definition) is 0. The van der Waals surface area contributed by atoms with E-state index < -0.39 is 0 Å². The Balaban J connectivity index is 1.57. The van der Waals surface area contributed by atoms with Gasteiger partial charge in [-0.05, 0) is 52.2 Å². The minimum atomic E-state index is 0.157. The molecule has 1 amide bonds. The lowest BCUT2D eigenvalue weighted by atomic mass is 10.2. The van der Waals surface area contributed by atoms with Crippen molar-refractivity contribution in [3.63, 3.8) is 0 Å². The number of carbonyl (C=O) groups is 1. The van der Waals surface area contributed by atoms with Gasteiger partial charge in [0.25, 0.3) is 5.91 Å². The highest BCUT2D eigenvalue weighted by Gasteiger charge is 2.22. The molecule has 1 saturated heterocycles. The van der Waals surface area contributed by atoms with Crippen LogP contribution in [0.15, 0.2) is 41.8 Å².